The van der Waals surface area contributed by atoms with E-state index in [0.29, 0.717) is 5.02 Å². The molecule has 1 N–H and O–H groups in total. The zero-order valence-electron chi connectivity index (χ0n) is 31.4. The van der Waals surface area contributed by atoms with Crippen LogP contribution >= 0.6 is 11.6 Å². The highest BCUT2D eigenvalue weighted by Gasteiger charge is 2.25. The van der Waals surface area contributed by atoms with E-state index in [0.717, 1.165) is 72.9 Å². The first-order valence-corrected chi connectivity index (χ1v) is 19.2. The van der Waals surface area contributed by atoms with Crippen molar-refractivity contribution in [2.24, 2.45) is 0 Å². The molecule has 0 spiro atoms. The molecule has 0 aromatic heterocycles. The van der Waals surface area contributed by atoms with Gasteiger partial charge in [-0.15, -0.1) is 0 Å². The molecule has 0 radical (unpaired) electrons. The van der Waals surface area contributed by atoms with Crippen LogP contribution in [0.3, 0.4) is 0 Å². The van der Waals surface area contributed by atoms with Crippen molar-refractivity contribution in [2.75, 3.05) is 10.2 Å². The summed E-state index contributed by atoms with van der Waals surface area (Å²) in [6.07, 6.45) is 0. The fourth-order valence-corrected chi connectivity index (χ4v) is 7.49. The minimum Gasteiger partial charge on any atom is -0.354 e. The fraction of sp³-hybridized carbons (Fsp3) is 0.0769. The van der Waals surface area contributed by atoms with E-state index in [1.165, 1.54) is 5.56 Å². The van der Waals surface area contributed by atoms with Crippen molar-refractivity contribution in [3.63, 3.8) is 0 Å². The van der Waals surface area contributed by atoms with Gasteiger partial charge in [0.05, 0.1) is 11.4 Å². The Morgan fingerprint density at radius 2 is 0.855 bits per heavy atom. The first kappa shape index (κ1) is 35.7. The zero-order valence-corrected chi connectivity index (χ0v) is 32.1. The van der Waals surface area contributed by atoms with Gasteiger partial charge in [-0.2, -0.15) is 0 Å². The molecule has 0 heterocycles. The van der Waals surface area contributed by atoms with E-state index in [1.54, 1.807) is 0 Å². The van der Waals surface area contributed by atoms with Gasteiger partial charge in [-0.25, -0.2) is 0 Å². The van der Waals surface area contributed by atoms with E-state index < -0.39 is 0 Å². The molecule has 0 saturated carbocycles. The van der Waals surface area contributed by atoms with E-state index in [4.69, 9.17) is 11.6 Å². The predicted molar refractivity (Wildman–Crippen MR) is 236 cm³/mol. The molecule has 268 valence electrons. The standard InChI is InChI=1S/C52H43ClN2/c1-52(2,3)41-33-43(54-50-46(37-19-8-4-9-20-37)29-17-30-47(50)38-21-10-5-11-22-38)36-45(34-41)55(44-28-16-27-42(53)35-44)51-48(39-23-12-6-13-24-39)31-18-32-49(51)40-25-14-7-15-26-40/h4-36,54H,1-3H3. The minimum absolute atomic E-state index is 0.158. The lowest BCUT2D eigenvalue weighted by Crippen LogP contribution is -2.16. The Kier molecular flexibility index (Phi) is 10.1. The third kappa shape index (κ3) is 7.69. The molecule has 55 heavy (non-hydrogen) atoms. The van der Waals surface area contributed by atoms with Gasteiger partial charge in [0.1, 0.15) is 0 Å². The topological polar surface area (TPSA) is 15.3 Å². The van der Waals surface area contributed by atoms with Gasteiger partial charge in [0.25, 0.3) is 0 Å². The van der Waals surface area contributed by atoms with Crippen LogP contribution in [0.4, 0.5) is 28.4 Å². The number of rotatable bonds is 9. The molecule has 0 fully saturated rings. The Labute approximate surface area is 330 Å². The summed E-state index contributed by atoms with van der Waals surface area (Å²) in [7, 11) is 0. The molecule has 8 rings (SSSR count). The van der Waals surface area contributed by atoms with Crippen LogP contribution in [0.15, 0.2) is 200 Å². The third-order valence-electron chi connectivity index (χ3n) is 10.0. The van der Waals surface area contributed by atoms with Crippen molar-refractivity contribution in [3.05, 3.63) is 211 Å². The molecule has 0 unspecified atom stereocenters. The summed E-state index contributed by atoms with van der Waals surface area (Å²) in [4.78, 5) is 2.39. The number of benzene rings is 8. The Balaban J connectivity index is 1.41. The smallest absolute Gasteiger partial charge is 0.0618 e. The highest BCUT2D eigenvalue weighted by atomic mass is 35.5. The van der Waals surface area contributed by atoms with Gasteiger partial charge in [0.2, 0.25) is 0 Å². The summed E-state index contributed by atoms with van der Waals surface area (Å²) >= 11 is 6.83. The summed E-state index contributed by atoms with van der Waals surface area (Å²) in [5, 5.41) is 4.68. The lowest BCUT2D eigenvalue weighted by Gasteiger charge is -2.32. The van der Waals surface area contributed by atoms with Crippen molar-refractivity contribution >= 4 is 40.0 Å². The molecular formula is C52H43ClN2. The summed E-state index contributed by atoms with van der Waals surface area (Å²) < 4.78 is 0. The van der Waals surface area contributed by atoms with Gasteiger partial charge in [0.15, 0.2) is 0 Å². The molecule has 0 aliphatic rings. The summed E-state index contributed by atoms with van der Waals surface area (Å²) in [6.45, 7) is 6.83. The maximum Gasteiger partial charge on any atom is 0.0618 e. The third-order valence-corrected chi connectivity index (χ3v) is 10.3. The molecule has 0 saturated heterocycles. The van der Waals surface area contributed by atoms with Gasteiger partial charge >= 0.3 is 0 Å². The molecule has 3 heteroatoms. The number of nitrogens with zero attached hydrogens (tertiary/aromatic N) is 1. The van der Waals surface area contributed by atoms with E-state index in [2.05, 4.69) is 219 Å². The van der Waals surface area contributed by atoms with Gasteiger partial charge in [0, 0.05) is 44.3 Å². The van der Waals surface area contributed by atoms with E-state index in [1.807, 2.05) is 12.1 Å². The second kappa shape index (κ2) is 15.6. The first-order chi connectivity index (χ1) is 26.8. The van der Waals surface area contributed by atoms with Crippen molar-refractivity contribution in [2.45, 2.75) is 26.2 Å². The van der Waals surface area contributed by atoms with Crippen LogP contribution in [0.25, 0.3) is 44.5 Å². The Hall–Kier alpha value is -6.35. The van der Waals surface area contributed by atoms with Crippen LogP contribution in [-0.2, 0) is 5.41 Å². The van der Waals surface area contributed by atoms with Crippen molar-refractivity contribution in [1.82, 2.24) is 0 Å². The Bertz CT molecular complexity index is 2430. The summed E-state index contributed by atoms with van der Waals surface area (Å²) in [5.74, 6) is 0. The average molecular weight is 731 g/mol. The molecule has 2 nitrogen and oxygen atoms in total. The number of nitrogens with one attached hydrogen (secondary N) is 1. The molecule has 8 aromatic carbocycles. The average Bonchev–Trinajstić information content (AvgIpc) is 3.22. The maximum absolute atomic E-state index is 6.83. The molecule has 0 bridgehead atoms. The van der Waals surface area contributed by atoms with Crippen LogP contribution in [-0.4, -0.2) is 0 Å². The number of halogens is 1. The lowest BCUT2D eigenvalue weighted by atomic mass is 9.86. The van der Waals surface area contributed by atoms with Crippen LogP contribution in [0, 0.1) is 0 Å². The van der Waals surface area contributed by atoms with E-state index in [9.17, 15) is 0 Å². The molecule has 0 amide bonds. The van der Waals surface area contributed by atoms with Crippen LogP contribution in [0.2, 0.25) is 5.02 Å². The SMILES string of the molecule is CC(C)(C)c1cc(Nc2c(-c3ccccc3)cccc2-c2ccccc2)cc(N(c2cccc(Cl)c2)c2c(-c3ccccc3)cccc2-c2ccccc2)c1. The molecule has 0 aliphatic carbocycles. The molecule has 0 aliphatic heterocycles. The normalized spacial score (nSPS) is 11.3. The van der Waals surface area contributed by atoms with Gasteiger partial charge in [-0.3, -0.25) is 0 Å². The first-order valence-electron chi connectivity index (χ1n) is 18.8. The van der Waals surface area contributed by atoms with E-state index in [-0.39, 0.29) is 5.41 Å². The second-order valence-corrected chi connectivity index (χ2v) is 15.3. The number of hydrogen-bond donors (Lipinski definition) is 1. The predicted octanol–water partition coefficient (Wildman–Crippen LogP) is 15.5. The van der Waals surface area contributed by atoms with Crippen molar-refractivity contribution in [1.29, 1.82) is 0 Å². The van der Waals surface area contributed by atoms with Gasteiger partial charge in [-0.1, -0.05) is 196 Å². The quantitative estimate of drug-likeness (QED) is 0.159. The maximum atomic E-state index is 6.83. The molecule has 0 atom stereocenters. The summed E-state index contributed by atoms with van der Waals surface area (Å²) in [5.41, 5.74) is 15.3. The zero-order chi connectivity index (χ0) is 37.8. The van der Waals surface area contributed by atoms with Crippen LogP contribution in [0.1, 0.15) is 26.3 Å². The van der Waals surface area contributed by atoms with E-state index >= 15 is 0 Å². The monoisotopic (exact) mass is 730 g/mol. The summed E-state index contributed by atoms with van der Waals surface area (Å²) in [6, 6.07) is 70.9. The number of hydrogen-bond acceptors (Lipinski definition) is 2. The number of anilines is 5. The second-order valence-electron chi connectivity index (χ2n) is 14.9. The molecular weight excluding hydrogens is 688 g/mol. The highest BCUT2D eigenvalue weighted by molar-refractivity contribution is 6.31. The number of para-hydroxylation sites is 2. The molecule has 8 aromatic rings. The Morgan fingerprint density at radius 3 is 1.31 bits per heavy atom. The minimum atomic E-state index is -0.158. The Morgan fingerprint density at radius 1 is 0.418 bits per heavy atom. The largest absolute Gasteiger partial charge is 0.354 e. The highest BCUT2D eigenvalue weighted by Crippen LogP contribution is 2.49. The van der Waals surface area contributed by atoms with Crippen molar-refractivity contribution in [3.8, 4) is 44.5 Å². The van der Waals surface area contributed by atoms with Gasteiger partial charge < -0.3 is 10.2 Å². The van der Waals surface area contributed by atoms with Gasteiger partial charge in [-0.05, 0) is 69.6 Å². The van der Waals surface area contributed by atoms with Crippen LogP contribution < -0.4 is 10.2 Å². The lowest BCUT2D eigenvalue weighted by molar-refractivity contribution is 0.590. The van der Waals surface area contributed by atoms with Crippen LogP contribution in [0.5, 0.6) is 0 Å². The fourth-order valence-electron chi connectivity index (χ4n) is 7.30. The van der Waals surface area contributed by atoms with Crippen molar-refractivity contribution < 1.29 is 0 Å².